The second kappa shape index (κ2) is 10.1. The first-order valence-corrected chi connectivity index (χ1v) is 13.5. The number of aromatic nitrogens is 1. The smallest absolute Gasteiger partial charge is 0.133 e. The number of Topliss-reactive ketones (excluding diaryl/α,β-unsaturated/α-hetero) is 1. The summed E-state index contributed by atoms with van der Waals surface area (Å²) in [5, 5.41) is 13.5. The van der Waals surface area contributed by atoms with Gasteiger partial charge in [-0.3, -0.25) is 9.78 Å². The Labute approximate surface area is 224 Å². The molecule has 0 aliphatic heterocycles. The van der Waals surface area contributed by atoms with E-state index in [2.05, 4.69) is 24.1 Å². The molecule has 0 unspecified atom stereocenters. The number of nitrogens with one attached hydrogen (secondary N) is 1. The van der Waals surface area contributed by atoms with E-state index in [1.54, 1.807) is 33.0 Å². The number of ketones is 1. The summed E-state index contributed by atoms with van der Waals surface area (Å²) >= 11 is 0. The number of hydrogen-bond donors (Lipinski definition) is 2. The first kappa shape index (κ1) is 26.4. The Morgan fingerprint density at radius 1 is 1.18 bits per heavy atom. The lowest BCUT2D eigenvalue weighted by Gasteiger charge is -2.20. The van der Waals surface area contributed by atoms with Gasteiger partial charge in [-0.25, -0.2) is 4.39 Å². The van der Waals surface area contributed by atoms with Crippen LogP contribution in [0.4, 0.5) is 10.1 Å². The lowest BCUT2D eigenvalue weighted by Crippen LogP contribution is -2.21. The van der Waals surface area contributed by atoms with Crippen LogP contribution in [0.2, 0.25) is 0 Å². The Balaban J connectivity index is 1.36. The molecule has 5 rings (SSSR count). The second-order valence-electron chi connectivity index (χ2n) is 11.6. The first-order chi connectivity index (χ1) is 18.0. The summed E-state index contributed by atoms with van der Waals surface area (Å²) in [7, 11) is 0. The molecule has 0 bridgehead atoms. The minimum absolute atomic E-state index is 0.107. The van der Waals surface area contributed by atoms with Crippen LogP contribution >= 0.6 is 0 Å². The van der Waals surface area contributed by atoms with Gasteiger partial charge in [0.1, 0.15) is 17.3 Å². The van der Waals surface area contributed by atoms with Gasteiger partial charge in [0.15, 0.2) is 0 Å². The fourth-order valence-electron chi connectivity index (χ4n) is 5.83. The van der Waals surface area contributed by atoms with Crippen LogP contribution in [0.5, 0.6) is 5.75 Å². The summed E-state index contributed by atoms with van der Waals surface area (Å²) in [5.74, 6) is 1.16. The molecule has 38 heavy (non-hydrogen) atoms. The highest BCUT2D eigenvalue weighted by Gasteiger charge is 2.42. The minimum atomic E-state index is -0.767. The molecule has 200 valence electrons. The van der Waals surface area contributed by atoms with Crippen LogP contribution in [0.3, 0.4) is 0 Å². The molecule has 5 nitrogen and oxygen atoms in total. The standard InChI is InChI=1S/C32H37FN2O3/c1-18-14-22(38-13-12-32(4,5)37)15-19(2)30(18)23-7-9-27(33)31-24(23)8-11-29(31)35-21-6-10-28(34-17-21)26-16-25(26)20(3)36/h6-7,9-10,14-15,17,25-26,29,35,37H,8,11-13,16H2,1-5H3/t25-,26+,29-/m1/s1. The molecule has 1 fully saturated rings. The second-order valence-corrected chi connectivity index (χ2v) is 11.6. The van der Waals surface area contributed by atoms with Gasteiger partial charge >= 0.3 is 0 Å². The van der Waals surface area contributed by atoms with Gasteiger partial charge in [-0.1, -0.05) is 6.07 Å². The summed E-state index contributed by atoms with van der Waals surface area (Å²) in [5.41, 5.74) is 7.18. The van der Waals surface area contributed by atoms with Gasteiger partial charge in [0, 0.05) is 29.5 Å². The molecule has 3 aromatic rings. The molecule has 0 amide bonds. The molecule has 0 spiro atoms. The predicted octanol–water partition coefficient (Wildman–Crippen LogP) is 6.84. The number of halogens is 1. The zero-order chi connectivity index (χ0) is 27.2. The average Bonchev–Trinajstić information content (AvgIpc) is 3.54. The zero-order valence-electron chi connectivity index (χ0n) is 22.9. The van der Waals surface area contributed by atoms with Crippen LogP contribution < -0.4 is 10.1 Å². The number of ether oxygens (including phenoxy) is 1. The third kappa shape index (κ3) is 5.46. The van der Waals surface area contributed by atoms with Crippen LogP contribution in [-0.2, 0) is 11.2 Å². The Bertz CT molecular complexity index is 1340. The number of benzene rings is 2. The Morgan fingerprint density at radius 2 is 1.92 bits per heavy atom. The molecule has 2 aliphatic carbocycles. The van der Waals surface area contributed by atoms with Gasteiger partial charge in [-0.2, -0.15) is 0 Å². The fourth-order valence-corrected chi connectivity index (χ4v) is 5.83. The van der Waals surface area contributed by atoms with Crippen molar-refractivity contribution < 1.29 is 19.0 Å². The van der Waals surface area contributed by atoms with E-state index < -0.39 is 5.60 Å². The van der Waals surface area contributed by atoms with Gasteiger partial charge in [0.2, 0.25) is 0 Å². The monoisotopic (exact) mass is 516 g/mol. The van der Waals surface area contributed by atoms with Gasteiger partial charge in [0.25, 0.3) is 0 Å². The van der Waals surface area contributed by atoms with E-state index >= 15 is 4.39 Å². The summed E-state index contributed by atoms with van der Waals surface area (Å²) < 4.78 is 21.1. The van der Waals surface area contributed by atoms with Crippen molar-refractivity contribution in [1.29, 1.82) is 0 Å². The van der Waals surface area contributed by atoms with Crippen LogP contribution in [-0.4, -0.2) is 28.1 Å². The topological polar surface area (TPSA) is 71.5 Å². The van der Waals surface area contributed by atoms with Gasteiger partial charge in [0.05, 0.1) is 30.1 Å². The van der Waals surface area contributed by atoms with Crippen molar-refractivity contribution in [2.24, 2.45) is 5.92 Å². The van der Waals surface area contributed by atoms with Crippen molar-refractivity contribution in [1.82, 2.24) is 4.98 Å². The molecular formula is C32H37FN2O3. The number of carbonyl (C=O) groups is 1. The maximum absolute atomic E-state index is 15.2. The van der Waals surface area contributed by atoms with E-state index in [4.69, 9.17) is 4.74 Å². The zero-order valence-corrected chi connectivity index (χ0v) is 22.9. The molecule has 0 radical (unpaired) electrons. The van der Waals surface area contributed by atoms with Crippen molar-refractivity contribution in [2.75, 3.05) is 11.9 Å². The highest BCUT2D eigenvalue weighted by atomic mass is 19.1. The molecular weight excluding hydrogens is 479 g/mol. The summed E-state index contributed by atoms with van der Waals surface area (Å²) in [4.78, 5) is 16.2. The fraction of sp³-hybridized carbons (Fsp3) is 0.438. The average molecular weight is 517 g/mol. The van der Waals surface area contributed by atoms with Crippen LogP contribution in [0.1, 0.15) is 79.9 Å². The third-order valence-electron chi connectivity index (χ3n) is 7.91. The maximum Gasteiger partial charge on any atom is 0.133 e. The number of aryl methyl sites for hydroxylation is 2. The van der Waals surface area contributed by atoms with Crippen molar-refractivity contribution in [3.8, 4) is 16.9 Å². The van der Waals surface area contributed by atoms with E-state index in [1.807, 2.05) is 30.3 Å². The maximum atomic E-state index is 15.2. The van der Waals surface area contributed by atoms with E-state index in [1.165, 1.54) is 0 Å². The number of rotatable bonds is 9. The van der Waals surface area contributed by atoms with Crippen molar-refractivity contribution in [3.63, 3.8) is 0 Å². The quantitative estimate of drug-likeness (QED) is 0.326. The largest absolute Gasteiger partial charge is 0.493 e. The van der Waals surface area contributed by atoms with E-state index in [0.717, 1.165) is 69.8 Å². The Hall–Kier alpha value is -3.25. The Kier molecular flexibility index (Phi) is 7.03. The summed E-state index contributed by atoms with van der Waals surface area (Å²) in [6, 6.07) is 11.4. The SMILES string of the molecule is CC(=O)[C@H]1C[C@@H]1c1ccc(N[C@@H]2CCc3c(-c4c(C)cc(OCCC(C)(C)O)cc4C)ccc(F)c32)cn1. The van der Waals surface area contributed by atoms with Crippen molar-refractivity contribution in [3.05, 3.63) is 76.4 Å². The number of pyridine rings is 1. The van der Waals surface area contributed by atoms with E-state index in [0.29, 0.717) is 13.0 Å². The number of hydrogen-bond acceptors (Lipinski definition) is 5. The number of anilines is 1. The summed E-state index contributed by atoms with van der Waals surface area (Å²) in [6.45, 7) is 9.76. The van der Waals surface area contributed by atoms with Gasteiger partial charge < -0.3 is 15.2 Å². The lowest BCUT2D eigenvalue weighted by molar-refractivity contribution is -0.118. The van der Waals surface area contributed by atoms with Gasteiger partial charge in [-0.15, -0.1) is 0 Å². The molecule has 2 aliphatic rings. The van der Waals surface area contributed by atoms with Crippen molar-refractivity contribution >= 4 is 11.5 Å². The highest BCUT2D eigenvalue weighted by molar-refractivity contribution is 5.82. The molecule has 1 heterocycles. The normalized spacial score (nSPS) is 20.2. The van der Waals surface area contributed by atoms with Crippen LogP contribution in [0.15, 0.2) is 42.6 Å². The first-order valence-electron chi connectivity index (χ1n) is 13.5. The minimum Gasteiger partial charge on any atom is -0.493 e. The number of aliphatic hydroxyl groups is 1. The summed E-state index contributed by atoms with van der Waals surface area (Å²) in [6.07, 6.45) is 4.82. The molecule has 6 heteroatoms. The van der Waals surface area contributed by atoms with Crippen LogP contribution in [0.25, 0.3) is 11.1 Å². The predicted molar refractivity (Wildman–Crippen MR) is 148 cm³/mol. The highest BCUT2D eigenvalue weighted by Crippen LogP contribution is 2.47. The third-order valence-corrected chi connectivity index (χ3v) is 7.91. The molecule has 2 aromatic carbocycles. The van der Waals surface area contributed by atoms with E-state index in [-0.39, 0.29) is 29.5 Å². The van der Waals surface area contributed by atoms with E-state index in [9.17, 15) is 9.90 Å². The molecule has 0 saturated heterocycles. The number of carbonyl (C=O) groups excluding carboxylic acids is 1. The van der Waals surface area contributed by atoms with Crippen LogP contribution in [0, 0.1) is 25.6 Å². The molecule has 1 saturated carbocycles. The lowest BCUT2D eigenvalue weighted by atomic mass is 9.90. The number of nitrogens with zero attached hydrogens (tertiary/aromatic N) is 1. The van der Waals surface area contributed by atoms with Crippen molar-refractivity contribution in [2.45, 2.75) is 77.9 Å². The van der Waals surface area contributed by atoms with Gasteiger partial charge in [-0.05, 0) is 112 Å². The molecule has 1 aromatic heterocycles. The number of fused-ring (bicyclic) bond motifs is 1. The Morgan fingerprint density at radius 3 is 2.53 bits per heavy atom. The molecule has 2 N–H and O–H groups in total. The molecule has 3 atom stereocenters.